The summed E-state index contributed by atoms with van der Waals surface area (Å²) in [6, 6.07) is 13.8. The van der Waals surface area contributed by atoms with Crippen LogP contribution in [-0.4, -0.2) is 19.4 Å². The standard InChI is InChI=1S/C18H15BrN6/c19-14-11-23-18-17(22-10-12-5-4-8-21-9-12)24-15(16(20)25(14)18)13-6-2-1-3-7-13/h1-9,11H,10,20H2,(H,22,24). The first-order chi connectivity index (χ1) is 12.2. The Morgan fingerprint density at radius 1 is 1.08 bits per heavy atom. The van der Waals surface area contributed by atoms with E-state index < -0.39 is 0 Å². The molecule has 0 aliphatic heterocycles. The molecule has 0 fully saturated rings. The molecule has 124 valence electrons. The van der Waals surface area contributed by atoms with Gasteiger partial charge in [0.1, 0.15) is 16.1 Å². The molecule has 4 rings (SSSR count). The summed E-state index contributed by atoms with van der Waals surface area (Å²) in [4.78, 5) is 13.3. The second-order valence-corrected chi connectivity index (χ2v) is 6.33. The third-order valence-corrected chi connectivity index (χ3v) is 4.43. The summed E-state index contributed by atoms with van der Waals surface area (Å²) in [6.07, 6.45) is 5.29. The van der Waals surface area contributed by atoms with Crippen LogP contribution in [0.2, 0.25) is 0 Å². The van der Waals surface area contributed by atoms with Gasteiger partial charge in [-0.05, 0) is 27.6 Å². The van der Waals surface area contributed by atoms with Gasteiger partial charge in [-0.15, -0.1) is 0 Å². The molecule has 0 amide bonds. The number of halogens is 1. The molecule has 3 aromatic heterocycles. The van der Waals surface area contributed by atoms with Gasteiger partial charge in [0, 0.05) is 24.5 Å². The molecule has 3 N–H and O–H groups in total. The van der Waals surface area contributed by atoms with Crippen molar-refractivity contribution in [2.45, 2.75) is 6.54 Å². The van der Waals surface area contributed by atoms with Crippen LogP contribution in [0, 0.1) is 0 Å². The zero-order valence-corrected chi connectivity index (χ0v) is 14.8. The summed E-state index contributed by atoms with van der Waals surface area (Å²) >= 11 is 3.51. The number of nitrogens with zero attached hydrogens (tertiary/aromatic N) is 4. The second kappa shape index (κ2) is 6.52. The van der Waals surface area contributed by atoms with Gasteiger partial charge in [-0.2, -0.15) is 0 Å². The van der Waals surface area contributed by atoms with Gasteiger partial charge in [0.05, 0.1) is 6.20 Å². The van der Waals surface area contributed by atoms with E-state index in [4.69, 9.17) is 10.7 Å². The van der Waals surface area contributed by atoms with Crippen LogP contribution in [-0.2, 0) is 6.54 Å². The van der Waals surface area contributed by atoms with Crippen molar-refractivity contribution in [3.8, 4) is 11.3 Å². The topological polar surface area (TPSA) is 81.1 Å². The first-order valence-electron chi connectivity index (χ1n) is 7.74. The lowest BCUT2D eigenvalue weighted by molar-refractivity contribution is 1.06. The number of rotatable bonds is 4. The number of pyridine rings is 1. The van der Waals surface area contributed by atoms with E-state index in [1.807, 2.05) is 53.1 Å². The minimum absolute atomic E-state index is 0.539. The number of imidazole rings is 1. The first-order valence-corrected chi connectivity index (χ1v) is 8.54. The third kappa shape index (κ3) is 2.94. The summed E-state index contributed by atoms with van der Waals surface area (Å²) in [7, 11) is 0. The number of hydrogen-bond donors (Lipinski definition) is 2. The predicted molar refractivity (Wildman–Crippen MR) is 102 cm³/mol. The van der Waals surface area contributed by atoms with E-state index in [0.29, 0.717) is 29.5 Å². The van der Waals surface area contributed by atoms with E-state index >= 15 is 0 Å². The summed E-state index contributed by atoms with van der Waals surface area (Å²) in [6.45, 7) is 0.596. The average Bonchev–Trinajstić information content (AvgIpc) is 3.05. The van der Waals surface area contributed by atoms with Crippen molar-refractivity contribution >= 4 is 33.2 Å². The van der Waals surface area contributed by atoms with Crippen LogP contribution >= 0.6 is 15.9 Å². The van der Waals surface area contributed by atoms with Gasteiger partial charge in [-0.25, -0.2) is 9.97 Å². The largest absolute Gasteiger partial charge is 0.383 e. The van der Waals surface area contributed by atoms with Crippen molar-refractivity contribution in [3.05, 3.63) is 71.2 Å². The van der Waals surface area contributed by atoms with E-state index in [9.17, 15) is 0 Å². The lowest BCUT2D eigenvalue weighted by Crippen LogP contribution is -2.09. The molecule has 0 saturated carbocycles. The van der Waals surface area contributed by atoms with Crippen molar-refractivity contribution in [1.29, 1.82) is 0 Å². The van der Waals surface area contributed by atoms with Gasteiger partial charge in [-0.3, -0.25) is 9.38 Å². The SMILES string of the molecule is Nc1c(-c2ccccc2)nc(NCc2cccnc2)c2ncc(Br)n12. The number of anilines is 2. The molecule has 25 heavy (non-hydrogen) atoms. The molecule has 4 aromatic rings. The number of nitrogens with one attached hydrogen (secondary N) is 1. The Balaban J connectivity index is 1.82. The van der Waals surface area contributed by atoms with Crippen molar-refractivity contribution in [3.63, 3.8) is 0 Å². The van der Waals surface area contributed by atoms with Crippen LogP contribution in [0.15, 0.2) is 65.7 Å². The van der Waals surface area contributed by atoms with E-state index in [2.05, 4.69) is 31.2 Å². The van der Waals surface area contributed by atoms with E-state index in [1.165, 1.54) is 0 Å². The second-order valence-electron chi connectivity index (χ2n) is 5.52. The number of aromatic nitrogens is 4. The molecule has 0 aliphatic rings. The first kappa shape index (κ1) is 15.6. The number of hydrogen-bond acceptors (Lipinski definition) is 5. The summed E-state index contributed by atoms with van der Waals surface area (Å²) < 4.78 is 2.63. The van der Waals surface area contributed by atoms with Gasteiger partial charge in [0.25, 0.3) is 0 Å². The molecule has 6 nitrogen and oxygen atoms in total. The van der Waals surface area contributed by atoms with Gasteiger partial charge < -0.3 is 11.1 Å². The Bertz CT molecular complexity index is 1010. The monoisotopic (exact) mass is 394 g/mol. The van der Waals surface area contributed by atoms with Crippen LogP contribution in [0.4, 0.5) is 11.6 Å². The lowest BCUT2D eigenvalue weighted by atomic mass is 10.1. The van der Waals surface area contributed by atoms with Crippen LogP contribution in [0.1, 0.15) is 5.56 Å². The molecule has 0 unspecified atom stereocenters. The summed E-state index contributed by atoms with van der Waals surface area (Å²) in [5.41, 5.74) is 9.76. The quantitative estimate of drug-likeness (QED) is 0.550. The van der Waals surface area contributed by atoms with E-state index in [-0.39, 0.29) is 0 Å². The molecular weight excluding hydrogens is 380 g/mol. The number of fused-ring (bicyclic) bond motifs is 1. The Morgan fingerprint density at radius 3 is 2.68 bits per heavy atom. The Labute approximate surface area is 152 Å². The normalized spacial score (nSPS) is 10.9. The highest BCUT2D eigenvalue weighted by atomic mass is 79.9. The number of nitrogens with two attached hydrogens (primary N) is 1. The maximum atomic E-state index is 6.37. The maximum absolute atomic E-state index is 6.37. The summed E-state index contributed by atoms with van der Waals surface area (Å²) in [5, 5.41) is 3.34. The highest BCUT2D eigenvalue weighted by Crippen LogP contribution is 2.31. The molecule has 0 bridgehead atoms. The molecule has 3 heterocycles. The third-order valence-electron chi connectivity index (χ3n) is 3.87. The smallest absolute Gasteiger partial charge is 0.182 e. The van der Waals surface area contributed by atoms with E-state index in [0.717, 1.165) is 15.7 Å². The Kier molecular flexibility index (Phi) is 4.07. The van der Waals surface area contributed by atoms with Crippen molar-refractivity contribution in [1.82, 2.24) is 19.4 Å². The number of nitrogen functional groups attached to an aromatic ring is 1. The highest BCUT2D eigenvalue weighted by molar-refractivity contribution is 9.10. The summed E-state index contributed by atoms with van der Waals surface area (Å²) in [5.74, 6) is 1.21. The molecule has 0 aliphatic carbocycles. The van der Waals surface area contributed by atoms with E-state index in [1.54, 1.807) is 12.4 Å². The maximum Gasteiger partial charge on any atom is 0.182 e. The fourth-order valence-electron chi connectivity index (χ4n) is 2.67. The molecule has 1 aromatic carbocycles. The van der Waals surface area contributed by atoms with Crippen LogP contribution in [0.25, 0.3) is 16.9 Å². The minimum Gasteiger partial charge on any atom is -0.383 e. The zero-order chi connectivity index (χ0) is 17.2. The Morgan fingerprint density at radius 2 is 1.92 bits per heavy atom. The van der Waals surface area contributed by atoms with Crippen LogP contribution in [0.5, 0.6) is 0 Å². The highest BCUT2D eigenvalue weighted by Gasteiger charge is 2.16. The molecule has 0 saturated heterocycles. The van der Waals surface area contributed by atoms with Gasteiger partial charge >= 0.3 is 0 Å². The van der Waals surface area contributed by atoms with Crippen molar-refractivity contribution in [2.75, 3.05) is 11.1 Å². The Hall–Kier alpha value is -2.93. The van der Waals surface area contributed by atoms with Crippen LogP contribution in [0.3, 0.4) is 0 Å². The van der Waals surface area contributed by atoms with Gasteiger partial charge in [0.2, 0.25) is 0 Å². The predicted octanol–water partition coefficient (Wildman–Crippen LogP) is 3.75. The molecule has 0 atom stereocenters. The minimum atomic E-state index is 0.539. The molecule has 0 spiro atoms. The van der Waals surface area contributed by atoms with Crippen LogP contribution < -0.4 is 11.1 Å². The zero-order valence-electron chi connectivity index (χ0n) is 13.2. The molecule has 7 heteroatoms. The lowest BCUT2D eigenvalue weighted by Gasteiger charge is -2.13. The molecule has 0 radical (unpaired) electrons. The van der Waals surface area contributed by atoms with Crippen molar-refractivity contribution in [2.24, 2.45) is 0 Å². The van der Waals surface area contributed by atoms with Gasteiger partial charge in [0.15, 0.2) is 11.5 Å². The molecular formula is C18H15BrN6. The fraction of sp³-hybridized carbons (Fsp3) is 0.0556. The van der Waals surface area contributed by atoms with Crippen molar-refractivity contribution < 1.29 is 0 Å². The average molecular weight is 395 g/mol. The number of benzene rings is 1. The van der Waals surface area contributed by atoms with Gasteiger partial charge in [-0.1, -0.05) is 36.4 Å². The fourth-order valence-corrected chi connectivity index (χ4v) is 3.13.